The number of rotatable bonds is 29. The fourth-order valence-electron chi connectivity index (χ4n) is 10.9. The number of aromatic nitrogens is 8. The van der Waals surface area contributed by atoms with Gasteiger partial charge in [-0.05, 0) is 117 Å². The SMILES string of the molecule is BrB(Br)Br.C.C.C.C.C.COCCOc1ccc(Cc2ccc(=O)[nH]n2)cc1-c1cccc([N+](=O)[O-])c1.COCCOc1ccc(Cc2ccc(=O)n(CCOC)n2)cc1-c1cccc([N+](=O)[O-])c1.COc1ccc(Cc2ccc(=O)[nH]n2)cc1-c1cccc([N+](=O)[O-])c1.O=CO[O-].O=c1ccc(Cc2ccc(O)c(-c3cccc([N+](=O)[O-])c3)c2)n[nH]1.[H-].[K+].[K+]. The number of non-ortho nitro benzene ring substituents is 4. The zero-order valence-corrected chi connectivity index (χ0v) is 75.7. The molecule has 40 heteroatoms. The van der Waals surface area contributed by atoms with Crippen LogP contribution in [0.2, 0.25) is 0 Å². The van der Waals surface area contributed by atoms with Crippen LogP contribution in [0.4, 0.5) is 22.7 Å². The Kier molecular flexibility index (Phi) is 55.9. The average Bonchev–Trinajstić information content (AvgIpc) is 0.831. The van der Waals surface area contributed by atoms with Crippen molar-refractivity contribution in [2.24, 2.45) is 0 Å². The van der Waals surface area contributed by atoms with Crippen LogP contribution in [0.25, 0.3) is 44.5 Å². The number of aromatic amines is 3. The summed E-state index contributed by atoms with van der Waals surface area (Å²) in [5.74, 6) is 1.87. The van der Waals surface area contributed by atoms with Crippen LogP contribution < -0.4 is 144 Å². The van der Waals surface area contributed by atoms with Crippen molar-refractivity contribution >= 4 is 79.7 Å². The number of methoxy groups -OCH3 is 4. The number of benzene rings is 8. The van der Waals surface area contributed by atoms with Gasteiger partial charge in [-0.1, -0.05) is 110 Å². The third-order valence-corrected chi connectivity index (χ3v) is 16.2. The Bertz CT molecular complexity index is 5570. The second-order valence-corrected chi connectivity index (χ2v) is 30.7. The number of nitro benzene ring substituents is 4. The molecular weight excluding hydrogens is 1860 g/mol. The normalized spacial score (nSPS) is 9.71. The van der Waals surface area contributed by atoms with E-state index in [-0.39, 0.29) is 202 Å². The minimum absolute atomic E-state index is 0. The molecule has 124 heavy (non-hydrogen) atoms. The number of carbonyl (C=O) groups excluding carboxylic acids is 1. The van der Waals surface area contributed by atoms with Gasteiger partial charge in [0.2, 0.25) is 0 Å². The van der Waals surface area contributed by atoms with Gasteiger partial charge < -0.3 is 45.1 Å². The van der Waals surface area contributed by atoms with E-state index in [0.717, 1.165) is 50.3 Å². The van der Waals surface area contributed by atoms with Crippen molar-refractivity contribution in [1.29, 1.82) is 0 Å². The van der Waals surface area contributed by atoms with E-state index in [4.69, 9.17) is 38.5 Å². The number of H-pyrrole nitrogens is 3. The summed E-state index contributed by atoms with van der Waals surface area (Å²) >= 11 is 9.31. The minimum Gasteiger partial charge on any atom is -1.00 e. The van der Waals surface area contributed by atoms with Gasteiger partial charge >= 0.3 is 106 Å². The van der Waals surface area contributed by atoms with E-state index in [2.05, 4.69) is 87.8 Å². The number of phenols is 1. The quantitative estimate of drug-likeness (QED) is 0.00846. The smallest absolute Gasteiger partial charge is 1.00 e. The van der Waals surface area contributed by atoms with Crippen LogP contribution in [-0.2, 0) is 56.1 Å². The molecule has 0 aliphatic carbocycles. The van der Waals surface area contributed by atoms with Crippen LogP contribution in [0.5, 0.6) is 23.0 Å². The third kappa shape index (κ3) is 38.3. The van der Waals surface area contributed by atoms with Gasteiger partial charge in [0.25, 0.3) is 51.5 Å². The first-order chi connectivity index (χ1) is 56.3. The fourth-order valence-corrected chi connectivity index (χ4v) is 10.9. The first-order valence-electron chi connectivity index (χ1n) is 34.6. The monoisotopic (exact) mass is 1950 g/mol. The molecule has 648 valence electrons. The number of hydrogen-bond acceptors (Lipinski definition) is 26. The second kappa shape index (κ2) is 60.7. The molecule has 0 fully saturated rings. The van der Waals surface area contributed by atoms with E-state index in [1.165, 1.54) is 83.5 Å². The number of ether oxygens (including phenoxy) is 6. The van der Waals surface area contributed by atoms with Gasteiger partial charge in [0.15, 0.2) is 0 Å². The predicted octanol–water partition coefficient (Wildman–Crippen LogP) is 9.52. The number of hydrogen-bond donors (Lipinski definition) is 4. The molecule has 12 aromatic rings. The summed E-state index contributed by atoms with van der Waals surface area (Å²) in [5.41, 5.74) is 10.8. The molecule has 0 unspecified atom stereocenters. The first kappa shape index (κ1) is 114. The molecule has 0 atom stereocenters. The van der Waals surface area contributed by atoms with Gasteiger partial charge in [-0.15, -0.1) is 47.3 Å². The van der Waals surface area contributed by atoms with Crippen LogP contribution in [0.3, 0.4) is 0 Å². The fraction of sp³-hybridized carbons (Fsp3) is 0.226. The number of nitrogens with one attached hydrogen (secondary N) is 3. The van der Waals surface area contributed by atoms with Crippen LogP contribution in [0.1, 0.15) is 83.6 Å². The molecule has 0 radical (unpaired) electrons. The molecule has 0 aliphatic heterocycles. The molecule has 0 saturated heterocycles. The Balaban J connectivity index is 0. The minimum atomic E-state index is -0.478. The summed E-state index contributed by atoms with van der Waals surface area (Å²) in [6, 6.07) is 59.6. The van der Waals surface area contributed by atoms with Gasteiger partial charge in [-0.3, -0.25) is 64.4 Å². The van der Waals surface area contributed by atoms with Gasteiger partial charge in [0.1, 0.15) is 36.2 Å². The van der Waals surface area contributed by atoms with Crippen molar-refractivity contribution in [3.8, 4) is 67.5 Å². The summed E-state index contributed by atoms with van der Waals surface area (Å²) < 4.78 is 33.8. The molecule has 0 amide bonds. The van der Waals surface area contributed by atoms with Crippen molar-refractivity contribution in [1.82, 2.24) is 40.4 Å². The van der Waals surface area contributed by atoms with Crippen LogP contribution in [0, 0.1) is 40.5 Å². The molecule has 34 nitrogen and oxygen atoms in total. The number of aromatic hydroxyl groups is 1. The molecule has 0 spiro atoms. The maximum atomic E-state index is 12.0. The van der Waals surface area contributed by atoms with Crippen LogP contribution in [0.15, 0.2) is 238 Å². The van der Waals surface area contributed by atoms with E-state index >= 15 is 0 Å². The van der Waals surface area contributed by atoms with E-state index < -0.39 is 19.7 Å². The molecule has 4 N–H and O–H groups in total. The Morgan fingerprint density at radius 1 is 0.419 bits per heavy atom. The zero-order valence-electron chi connectivity index (χ0n) is 65.7. The number of halogens is 3. The Hall–Kier alpha value is -9.83. The standard InChI is InChI=1S/C23H25N3O6.C20H19N3O5.C18H15N3O4.C17H13N3O4.CH2O3.5CH4.BBr3.2K.H/c1-30-11-10-25-23(27)9-7-19(24-25)14-17-6-8-22(32-13-12-31-2)21(15-17)18-4-3-5-20(16-18)26(28)29;1-27-9-10-28-19-7-5-14(11-16-6-8-20(24)22-21-16)12-18(19)15-3-2-4-17(13-15)23(25)26;1-25-17-7-5-12(9-14-6-8-18(22)20-19-14)10-16(17)13-3-2-4-15(11-13)21(23)24;21-16-6-4-11(8-13-5-7-17(22)19-18-13)9-15(16)12-2-1-3-14(10-12)20(23)24;2-1-4-3;;;;;;2-1(3)4;;;/h3-9,15-16H,10-14H2,1-2H3;2-8,12-13H,9-11H2,1H3,(H,22,24);2-8,10-11H,9H2,1H3,(H,20,22);1-7,9-10,21H,8H2,(H,19,22);1,3H;5*1H4;;;;/q;;;;;;;;;;;2*+1;-1/p-1. The molecule has 4 heterocycles. The van der Waals surface area contributed by atoms with Gasteiger partial charge in [0.05, 0.1) is 75.9 Å². The van der Waals surface area contributed by atoms with Gasteiger partial charge in [-0.2, -0.15) is 20.4 Å². The molecule has 12 rings (SSSR count). The average molecular weight is 1950 g/mol. The predicted molar refractivity (Wildman–Crippen MR) is 478 cm³/mol. The number of phenolic OH excluding ortho intramolecular Hbond substituents is 1. The first-order valence-corrected chi connectivity index (χ1v) is 37.4. The summed E-state index contributed by atoms with van der Waals surface area (Å²) in [6.07, 6.45) is 1.95. The van der Waals surface area contributed by atoms with Crippen molar-refractivity contribution in [2.45, 2.75) is 69.4 Å². The Morgan fingerprint density at radius 2 is 0.718 bits per heavy atom. The van der Waals surface area contributed by atoms with Crippen molar-refractivity contribution in [3.05, 3.63) is 345 Å². The van der Waals surface area contributed by atoms with Gasteiger partial charge in [0, 0.05) is 142 Å². The van der Waals surface area contributed by atoms with Crippen molar-refractivity contribution in [2.75, 3.05) is 61.5 Å². The number of carbonyl (C=O) groups is 1. The summed E-state index contributed by atoms with van der Waals surface area (Å²) in [4.78, 5) is 99.1. The largest absolute Gasteiger partial charge is 1.00 e. The molecule has 0 saturated carbocycles. The van der Waals surface area contributed by atoms with E-state index in [1.54, 1.807) is 113 Å². The number of nitro groups is 4. The Morgan fingerprint density at radius 3 is 1.02 bits per heavy atom. The molecule has 0 aliphatic rings. The van der Waals surface area contributed by atoms with Gasteiger partial charge in [-0.25, -0.2) is 20.0 Å². The number of nitrogens with zero attached hydrogens (tertiary/aromatic N) is 9. The van der Waals surface area contributed by atoms with Crippen LogP contribution in [-0.4, -0.2) is 136 Å². The zero-order chi connectivity index (χ0) is 84.8. The van der Waals surface area contributed by atoms with Crippen molar-refractivity contribution < 1.29 is 172 Å². The molecule has 8 aromatic carbocycles. The van der Waals surface area contributed by atoms with E-state index in [1.807, 2.05) is 54.6 Å². The molecular formula is C84H94BBr3K2N12O22. The van der Waals surface area contributed by atoms with E-state index in [0.29, 0.717) is 122 Å². The van der Waals surface area contributed by atoms with E-state index in [9.17, 15) is 64.7 Å². The Labute approximate surface area is 826 Å². The second-order valence-electron chi connectivity index (χ2n) is 24.2. The van der Waals surface area contributed by atoms with Crippen molar-refractivity contribution in [3.63, 3.8) is 0 Å². The maximum Gasteiger partial charge on any atom is 1.00 e. The molecule has 4 aromatic heterocycles. The molecule has 0 bridgehead atoms. The summed E-state index contributed by atoms with van der Waals surface area (Å²) in [5, 5.41) is 86.4. The third-order valence-electron chi connectivity index (χ3n) is 16.2. The summed E-state index contributed by atoms with van der Waals surface area (Å²) in [6.45, 7) is 2.14. The maximum absolute atomic E-state index is 12.0. The summed E-state index contributed by atoms with van der Waals surface area (Å²) in [7, 11) is 6.30. The topological polar surface area (TPSA) is 470 Å². The van der Waals surface area contributed by atoms with Crippen LogP contribution >= 0.6 is 47.3 Å².